The van der Waals surface area contributed by atoms with Crippen molar-refractivity contribution in [2.75, 3.05) is 33.4 Å². The number of carbonyl (C=O) groups is 1. The van der Waals surface area contributed by atoms with Gasteiger partial charge in [0.05, 0.1) is 6.10 Å². The first-order valence-electron chi connectivity index (χ1n) is 9.07. The van der Waals surface area contributed by atoms with Crippen LogP contribution in [0.4, 0.5) is 13.2 Å². The molecule has 0 aliphatic rings. The standard InChI is InChI=1S/C19H29F3N2O3/c1-3-27-13-7-11-23-12-10-17(26-2)18(19(20,21)22)24(15-25)14-16-8-5-4-6-9-16/h4-6,8-9,15,17-18,23H,3,7,10-14H2,1-2H3. The lowest BCUT2D eigenvalue weighted by atomic mass is 10.0. The first-order chi connectivity index (χ1) is 12.9. The largest absolute Gasteiger partial charge is 0.411 e. The molecule has 0 saturated heterocycles. The fraction of sp³-hybridized carbons (Fsp3) is 0.632. The maximum Gasteiger partial charge on any atom is 0.411 e. The van der Waals surface area contributed by atoms with E-state index in [1.165, 1.54) is 7.11 Å². The zero-order valence-corrected chi connectivity index (χ0v) is 15.9. The van der Waals surface area contributed by atoms with E-state index in [4.69, 9.17) is 9.47 Å². The van der Waals surface area contributed by atoms with E-state index >= 15 is 0 Å². The van der Waals surface area contributed by atoms with E-state index in [1.807, 2.05) is 6.92 Å². The SMILES string of the molecule is CCOCCCNCCC(OC)C(N(C=O)Cc1ccccc1)C(F)(F)F. The van der Waals surface area contributed by atoms with E-state index in [-0.39, 0.29) is 19.4 Å². The molecule has 0 aliphatic heterocycles. The molecule has 0 heterocycles. The van der Waals surface area contributed by atoms with Gasteiger partial charge in [-0.15, -0.1) is 0 Å². The highest BCUT2D eigenvalue weighted by Crippen LogP contribution is 2.30. The third-order valence-corrected chi connectivity index (χ3v) is 4.14. The second kappa shape index (κ2) is 12.7. The topological polar surface area (TPSA) is 50.8 Å². The van der Waals surface area contributed by atoms with E-state index in [9.17, 15) is 18.0 Å². The highest BCUT2D eigenvalue weighted by molar-refractivity contribution is 5.48. The molecule has 5 nitrogen and oxygen atoms in total. The van der Waals surface area contributed by atoms with Crippen LogP contribution in [0.2, 0.25) is 0 Å². The Balaban J connectivity index is 2.69. The minimum Gasteiger partial charge on any atom is -0.382 e. The first-order valence-corrected chi connectivity index (χ1v) is 9.07. The zero-order valence-electron chi connectivity index (χ0n) is 15.9. The van der Waals surface area contributed by atoms with Crippen molar-refractivity contribution in [1.82, 2.24) is 10.2 Å². The number of hydrogen-bond donors (Lipinski definition) is 1. The van der Waals surface area contributed by atoms with Gasteiger partial charge in [0.15, 0.2) is 6.04 Å². The lowest BCUT2D eigenvalue weighted by Gasteiger charge is -2.35. The molecule has 0 aromatic heterocycles. The number of halogens is 3. The third kappa shape index (κ3) is 8.73. The van der Waals surface area contributed by atoms with Gasteiger partial charge in [-0.05, 0) is 38.4 Å². The summed E-state index contributed by atoms with van der Waals surface area (Å²) in [4.78, 5) is 12.2. The average molecular weight is 390 g/mol. The number of carbonyl (C=O) groups excluding carboxylic acids is 1. The van der Waals surface area contributed by atoms with Gasteiger partial charge in [-0.2, -0.15) is 13.2 Å². The molecule has 0 radical (unpaired) electrons. The summed E-state index contributed by atoms with van der Waals surface area (Å²) in [7, 11) is 1.24. The van der Waals surface area contributed by atoms with Crippen LogP contribution in [-0.2, 0) is 20.8 Å². The normalized spacial score (nSPS) is 14.0. The molecule has 1 aromatic carbocycles. The van der Waals surface area contributed by atoms with Crippen molar-refractivity contribution in [2.24, 2.45) is 0 Å². The second-order valence-corrected chi connectivity index (χ2v) is 6.11. The molecule has 8 heteroatoms. The quantitative estimate of drug-likeness (QED) is 0.392. The maximum absolute atomic E-state index is 13.7. The molecule has 2 unspecified atom stereocenters. The number of rotatable bonds is 14. The van der Waals surface area contributed by atoms with E-state index in [0.717, 1.165) is 11.3 Å². The van der Waals surface area contributed by atoms with Gasteiger partial charge in [-0.25, -0.2) is 0 Å². The van der Waals surface area contributed by atoms with Crippen molar-refractivity contribution < 1.29 is 27.4 Å². The van der Waals surface area contributed by atoms with Crippen LogP contribution in [0.15, 0.2) is 30.3 Å². The molecule has 1 N–H and O–H groups in total. The molecule has 2 atom stereocenters. The molecule has 1 rings (SSSR count). The molecular formula is C19H29F3N2O3. The van der Waals surface area contributed by atoms with Gasteiger partial charge in [0, 0.05) is 26.9 Å². The number of nitrogens with one attached hydrogen (secondary N) is 1. The van der Waals surface area contributed by atoms with Gasteiger partial charge >= 0.3 is 6.18 Å². The van der Waals surface area contributed by atoms with Crippen molar-refractivity contribution >= 4 is 6.41 Å². The summed E-state index contributed by atoms with van der Waals surface area (Å²) in [5.74, 6) is 0. The molecular weight excluding hydrogens is 361 g/mol. The van der Waals surface area contributed by atoms with Gasteiger partial charge in [0.25, 0.3) is 0 Å². The zero-order chi connectivity index (χ0) is 20.1. The number of benzene rings is 1. The molecule has 0 spiro atoms. The molecule has 0 fully saturated rings. The van der Waals surface area contributed by atoms with Crippen molar-refractivity contribution in [2.45, 2.75) is 44.6 Å². The Morgan fingerprint density at radius 1 is 1.22 bits per heavy atom. The highest BCUT2D eigenvalue weighted by atomic mass is 19.4. The van der Waals surface area contributed by atoms with Gasteiger partial charge in [-0.3, -0.25) is 4.79 Å². The van der Waals surface area contributed by atoms with E-state index < -0.39 is 18.3 Å². The molecule has 0 bridgehead atoms. The summed E-state index contributed by atoms with van der Waals surface area (Å²) < 4.78 is 51.4. The van der Waals surface area contributed by atoms with Gasteiger partial charge in [0.1, 0.15) is 0 Å². The number of alkyl halides is 3. The van der Waals surface area contributed by atoms with Crippen molar-refractivity contribution in [3.05, 3.63) is 35.9 Å². The Morgan fingerprint density at radius 3 is 2.48 bits per heavy atom. The molecule has 0 aliphatic carbocycles. The summed E-state index contributed by atoms with van der Waals surface area (Å²) in [6, 6.07) is 6.58. The number of methoxy groups -OCH3 is 1. The van der Waals surface area contributed by atoms with Crippen LogP contribution in [0.25, 0.3) is 0 Å². The van der Waals surface area contributed by atoms with E-state index in [2.05, 4.69) is 5.32 Å². The number of hydrogen-bond acceptors (Lipinski definition) is 4. The summed E-state index contributed by atoms with van der Waals surface area (Å²) in [6.07, 6.45) is -4.59. The Bertz CT molecular complexity index is 515. The van der Waals surface area contributed by atoms with Crippen molar-refractivity contribution in [3.8, 4) is 0 Å². The van der Waals surface area contributed by atoms with Crippen LogP contribution in [0.1, 0.15) is 25.3 Å². The van der Waals surface area contributed by atoms with Gasteiger partial charge < -0.3 is 19.7 Å². The van der Waals surface area contributed by atoms with Crippen LogP contribution in [0.5, 0.6) is 0 Å². The van der Waals surface area contributed by atoms with Crippen LogP contribution >= 0.6 is 0 Å². The van der Waals surface area contributed by atoms with Crippen molar-refractivity contribution in [1.29, 1.82) is 0 Å². The highest BCUT2D eigenvalue weighted by Gasteiger charge is 2.48. The summed E-state index contributed by atoms with van der Waals surface area (Å²) in [6.45, 7) is 4.03. The van der Waals surface area contributed by atoms with Crippen LogP contribution in [0.3, 0.4) is 0 Å². The average Bonchev–Trinajstić information content (AvgIpc) is 2.65. The predicted octanol–water partition coefficient (Wildman–Crippen LogP) is 3.00. The Hall–Kier alpha value is -1.64. The van der Waals surface area contributed by atoms with E-state index in [0.29, 0.717) is 31.9 Å². The summed E-state index contributed by atoms with van der Waals surface area (Å²) >= 11 is 0. The lowest BCUT2D eigenvalue weighted by Crippen LogP contribution is -2.53. The number of ether oxygens (including phenoxy) is 2. The van der Waals surface area contributed by atoms with E-state index in [1.54, 1.807) is 30.3 Å². The fourth-order valence-corrected chi connectivity index (χ4v) is 2.83. The monoisotopic (exact) mass is 390 g/mol. The maximum atomic E-state index is 13.7. The smallest absolute Gasteiger partial charge is 0.382 e. The number of nitrogens with zero attached hydrogens (tertiary/aromatic N) is 1. The Labute approximate surface area is 158 Å². The molecule has 27 heavy (non-hydrogen) atoms. The minimum absolute atomic E-state index is 0.129. The molecule has 0 saturated carbocycles. The number of amides is 1. The molecule has 1 aromatic rings. The van der Waals surface area contributed by atoms with Crippen LogP contribution in [-0.4, -0.2) is 63.0 Å². The summed E-state index contributed by atoms with van der Waals surface area (Å²) in [5, 5.41) is 3.09. The first kappa shape index (κ1) is 23.4. The van der Waals surface area contributed by atoms with Gasteiger partial charge in [-0.1, -0.05) is 30.3 Å². The second-order valence-electron chi connectivity index (χ2n) is 6.11. The Kier molecular flexibility index (Phi) is 11.0. The predicted molar refractivity (Wildman–Crippen MR) is 97.3 cm³/mol. The van der Waals surface area contributed by atoms with Gasteiger partial charge in [0.2, 0.25) is 6.41 Å². The van der Waals surface area contributed by atoms with Crippen LogP contribution < -0.4 is 5.32 Å². The fourth-order valence-electron chi connectivity index (χ4n) is 2.83. The lowest BCUT2D eigenvalue weighted by molar-refractivity contribution is -0.212. The van der Waals surface area contributed by atoms with Crippen LogP contribution in [0, 0.1) is 0 Å². The molecule has 1 amide bonds. The van der Waals surface area contributed by atoms with Crippen molar-refractivity contribution in [3.63, 3.8) is 0 Å². The third-order valence-electron chi connectivity index (χ3n) is 4.14. The minimum atomic E-state index is -4.59. The molecule has 154 valence electrons. The Morgan fingerprint density at radius 2 is 1.93 bits per heavy atom. The summed E-state index contributed by atoms with van der Waals surface area (Å²) in [5.41, 5.74) is 0.628.